The quantitative estimate of drug-likeness (QED) is 0.460. The molecule has 148 valence electrons. The zero-order valence-electron chi connectivity index (χ0n) is 16.6. The van der Waals surface area contributed by atoms with E-state index in [0.717, 1.165) is 45.6 Å². The van der Waals surface area contributed by atoms with Gasteiger partial charge in [-0.3, -0.25) is 4.57 Å². The highest BCUT2D eigenvalue weighted by Gasteiger charge is 2.23. The molecule has 3 aromatic heterocycles. The van der Waals surface area contributed by atoms with Crippen LogP contribution in [0.1, 0.15) is 35.2 Å². The molecule has 0 unspecified atom stereocenters. The van der Waals surface area contributed by atoms with E-state index >= 15 is 0 Å². The lowest BCUT2D eigenvalue weighted by atomic mass is 9.89. The highest BCUT2D eigenvalue weighted by Crippen LogP contribution is 2.39. The molecule has 4 aromatic rings. The molecule has 0 spiro atoms. The number of nitrogens with zero attached hydrogens (tertiary/aromatic N) is 4. The second-order valence-electron chi connectivity index (χ2n) is 7.71. The van der Waals surface area contributed by atoms with Gasteiger partial charge in [0, 0.05) is 17.3 Å². The molecule has 5 nitrogen and oxygen atoms in total. The van der Waals surface area contributed by atoms with Gasteiger partial charge in [-0.2, -0.15) is 0 Å². The third-order valence-electron chi connectivity index (χ3n) is 5.54. The number of hydrogen-bond donors (Lipinski definition) is 1. The number of thioether (sulfide) groups is 1. The molecule has 29 heavy (non-hydrogen) atoms. The monoisotopic (exact) mass is 421 g/mol. The largest absolute Gasteiger partial charge is 0.383 e. The van der Waals surface area contributed by atoms with E-state index in [1.165, 1.54) is 22.4 Å². The number of aryl methyl sites for hydroxylation is 2. The van der Waals surface area contributed by atoms with E-state index in [0.29, 0.717) is 11.6 Å². The number of anilines is 1. The van der Waals surface area contributed by atoms with E-state index in [-0.39, 0.29) is 0 Å². The van der Waals surface area contributed by atoms with Crippen molar-refractivity contribution in [2.24, 2.45) is 5.92 Å². The van der Waals surface area contributed by atoms with E-state index in [2.05, 4.69) is 46.6 Å². The molecule has 0 fully saturated rings. The number of thiophene rings is 1. The minimum atomic E-state index is 0.625. The standard InChI is InChI=1S/C22H23N5S2/c1-13-7-8-15-17(11-13)29-21-19(15)20(23)25-18(26-21)12-28-22-24-9-10-27(22)16-6-4-3-5-14(16)2/h3-6,9-10,13H,7-8,11-12H2,1-2H3,(H2,23,25,26)/t13-/m0/s1. The molecule has 1 aromatic carbocycles. The molecule has 0 bridgehead atoms. The van der Waals surface area contributed by atoms with Gasteiger partial charge < -0.3 is 5.73 Å². The Morgan fingerprint density at radius 1 is 1.28 bits per heavy atom. The molecule has 1 aliphatic carbocycles. The Balaban J connectivity index is 1.43. The second kappa shape index (κ2) is 7.46. The van der Waals surface area contributed by atoms with E-state index < -0.39 is 0 Å². The highest BCUT2D eigenvalue weighted by atomic mass is 32.2. The van der Waals surface area contributed by atoms with Crippen LogP contribution < -0.4 is 5.73 Å². The van der Waals surface area contributed by atoms with Gasteiger partial charge in [-0.15, -0.1) is 11.3 Å². The number of rotatable bonds is 4. The summed E-state index contributed by atoms with van der Waals surface area (Å²) in [5.41, 5.74) is 10.1. The lowest BCUT2D eigenvalue weighted by Gasteiger charge is -2.17. The molecular formula is C22H23N5S2. The fourth-order valence-electron chi connectivity index (χ4n) is 4.02. The Kier molecular flexibility index (Phi) is 4.80. The molecule has 1 atom stereocenters. The molecule has 3 heterocycles. The van der Waals surface area contributed by atoms with Gasteiger partial charge in [-0.05, 0) is 49.3 Å². The summed E-state index contributed by atoms with van der Waals surface area (Å²) in [6.45, 7) is 4.43. The number of aromatic nitrogens is 4. The van der Waals surface area contributed by atoms with E-state index in [1.54, 1.807) is 23.1 Å². The first-order valence-electron chi connectivity index (χ1n) is 9.89. The van der Waals surface area contributed by atoms with Gasteiger partial charge >= 0.3 is 0 Å². The van der Waals surface area contributed by atoms with E-state index in [4.69, 9.17) is 10.7 Å². The van der Waals surface area contributed by atoms with Crippen molar-refractivity contribution in [3.05, 3.63) is 58.5 Å². The topological polar surface area (TPSA) is 69.6 Å². The van der Waals surface area contributed by atoms with Crippen LogP contribution in [0.3, 0.4) is 0 Å². The van der Waals surface area contributed by atoms with Gasteiger partial charge in [0.1, 0.15) is 16.5 Å². The minimum absolute atomic E-state index is 0.625. The number of imidazole rings is 1. The number of nitrogens with two attached hydrogens (primary N) is 1. The molecule has 0 radical (unpaired) electrons. The summed E-state index contributed by atoms with van der Waals surface area (Å²) in [6.07, 6.45) is 7.27. The fourth-order valence-corrected chi connectivity index (χ4v) is 6.25. The lowest BCUT2D eigenvalue weighted by molar-refractivity contribution is 0.509. The maximum atomic E-state index is 6.38. The fraction of sp³-hybridized carbons (Fsp3) is 0.318. The summed E-state index contributed by atoms with van der Waals surface area (Å²) < 4.78 is 2.12. The van der Waals surface area contributed by atoms with Crippen LogP contribution in [0.25, 0.3) is 15.9 Å². The van der Waals surface area contributed by atoms with Crippen molar-refractivity contribution in [2.45, 2.75) is 44.0 Å². The Morgan fingerprint density at radius 2 is 2.14 bits per heavy atom. The molecule has 5 rings (SSSR count). The summed E-state index contributed by atoms with van der Waals surface area (Å²) in [5.74, 6) is 2.77. The molecule has 2 N–H and O–H groups in total. The van der Waals surface area contributed by atoms with Crippen molar-refractivity contribution in [3.63, 3.8) is 0 Å². The van der Waals surface area contributed by atoms with Crippen molar-refractivity contribution >= 4 is 39.1 Å². The van der Waals surface area contributed by atoms with Crippen molar-refractivity contribution in [1.82, 2.24) is 19.5 Å². The van der Waals surface area contributed by atoms with Crippen molar-refractivity contribution in [2.75, 3.05) is 5.73 Å². The van der Waals surface area contributed by atoms with Crippen LogP contribution in [0.15, 0.2) is 41.8 Å². The summed E-state index contributed by atoms with van der Waals surface area (Å²) >= 11 is 3.43. The second-order valence-corrected chi connectivity index (χ2v) is 9.74. The SMILES string of the molecule is Cc1ccccc1-n1ccnc1SCc1nc(N)c2c3c(sc2n1)C[C@@H](C)CC3. The van der Waals surface area contributed by atoms with Crippen molar-refractivity contribution in [1.29, 1.82) is 0 Å². The molecule has 0 saturated heterocycles. The predicted octanol–water partition coefficient (Wildman–Crippen LogP) is 5.18. The smallest absolute Gasteiger partial charge is 0.173 e. The average molecular weight is 422 g/mol. The molecule has 1 aliphatic rings. The van der Waals surface area contributed by atoms with Gasteiger partial charge in [0.15, 0.2) is 5.16 Å². The maximum Gasteiger partial charge on any atom is 0.173 e. The van der Waals surface area contributed by atoms with Crippen LogP contribution in [0.4, 0.5) is 5.82 Å². The maximum absolute atomic E-state index is 6.38. The number of para-hydroxylation sites is 1. The first-order chi connectivity index (χ1) is 14.1. The Morgan fingerprint density at radius 3 is 3.00 bits per heavy atom. The van der Waals surface area contributed by atoms with E-state index in [9.17, 15) is 0 Å². The summed E-state index contributed by atoms with van der Waals surface area (Å²) in [6, 6.07) is 8.32. The lowest BCUT2D eigenvalue weighted by Crippen LogP contribution is -2.09. The number of hydrogen-bond acceptors (Lipinski definition) is 6. The zero-order chi connectivity index (χ0) is 20.0. The average Bonchev–Trinajstić information content (AvgIpc) is 3.30. The van der Waals surface area contributed by atoms with Crippen molar-refractivity contribution < 1.29 is 0 Å². The number of fused-ring (bicyclic) bond motifs is 3. The number of benzene rings is 1. The Labute approximate surface area is 178 Å². The van der Waals surface area contributed by atoms with Gasteiger partial charge in [-0.1, -0.05) is 36.9 Å². The summed E-state index contributed by atoms with van der Waals surface area (Å²) in [5, 5.41) is 2.02. The Hall–Kier alpha value is -2.38. The van der Waals surface area contributed by atoms with Gasteiger partial charge in [0.05, 0.1) is 16.8 Å². The van der Waals surface area contributed by atoms with Gasteiger partial charge in [0.2, 0.25) is 0 Å². The molecule has 0 saturated carbocycles. The molecule has 0 amide bonds. The minimum Gasteiger partial charge on any atom is -0.383 e. The molecule has 0 aliphatic heterocycles. The first kappa shape index (κ1) is 18.6. The van der Waals surface area contributed by atoms with Gasteiger partial charge in [-0.25, -0.2) is 15.0 Å². The molecule has 7 heteroatoms. The van der Waals surface area contributed by atoms with Crippen LogP contribution in [-0.2, 0) is 18.6 Å². The van der Waals surface area contributed by atoms with Gasteiger partial charge in [0.25, 0.3) is 0 Å². The van der Waals surface area contributed by atoms with Crippen LogP contribution >= 0.6 is 23.1 Å². The van der Waals surface area contributed by atoms with Crippen LogP contribution in [0, 0.1) is 12.8 Å². The summed E-state index contributed by atoms with van der Waals surface area (Å²) in [7, 11) is 0. The normalized spacial score (nSPS) is 16.3. The van der Waals surface area contributed by atoms with Crippen molar-refractivity contribution in [3.8, 4) is 5.69 Å². The first-order valence-corrected chi connectivity index (χ1v) is 11.7. The third kappa shape index (κ3) is 3.42. The number of nitrogen functional groups attached to an aromatic ring is 1. The molecular weight excluding hydrogens is 398 g/mol. The highest BCUT2D eigenvalue weighted by molar-refractivity contribution is 7.98. The summed E-state index contributed by atoms with van der Waals surface area (Å²) in [4.78, 5) is 16.5. The zero-order valence-corrected chi connectivity index (χ0v) is 18.2. The third-order valence-corrected chi connectivity index (χ3v) is 7.65. The van der Waals surface area contributed by atoms with Crippen LogP contribution in [-0.4, -0.2) is 19.5 Å². The van der Waals surface area contributed by atoms with Crippen LogP contribution in [0.2, 0.25) is 0 Å². The predicted molar refractivity (Wildman–Crippen MR) is 121 cm³/mol. The Bertz CT molecular complexity index is 1190. The van der Waals surface area contributed by atoms with E-state index in [1.807, 2.05) is 18.5 Å². The van der Waals surface area contributed by atoms with Crippen LogP contribution in [0.5, 0.6) is 0 Å².